The zero-order chi connectivity index (χ0) is 11.8. The Bertz CT molecular complexity index is 282. The summed E-state index contributed by atoms with van der Waals surface area (Å²) in [6, 6.07) is 7.82. The van der Waals surface area contributed by atoms with E-state index in [2.05, 4.69) is 6.92 Å². The molecule has 0 aliphatic heterocycles. The molecule has 0 aliphatic carbocycles. The molecule has 1 aromatic carbocycles. The molecule has 2 N–H and O–H groups in total. The van der Waals surface area contributed by atoms with Crippen molar-refractivity contribution in [2.75, 3.05) is 6.61 Å². The van der Waals surface area contributed by atoms with Crippen molar-refractivity contribution < 1.29 is 14.9 Å². The molecular weight excluding hydrogens is 204 g/mol. The molecule has 89 valence electrons. The molecule has 1 rings (SSSR count). The first-order chi connectivity index (χ1) is 7.76. The van der Waals surface area contributed by atoms with Gasteiger partial charge in [0.15, 0.2) is 0 Å². The maximum atomic E-state index is 9.06. The first-order valence-corrected chi connectivity index (χ1v) is 5.63. The third-order valence-corrected chi connectivity index (χ3v) is 2.34. The van der Waals surface area contributed by atoms with Crippen molar-refractivity contribution in [3.8, 4) is 5.75 Å². The van der Waals surface area contributed by atoms with E-state index in [0.29, 0.717) is 5.75 Å². The number of aliphatic hydroxyl groups excluding tert-OH is 2. The van der Waals surface area contributed by atoms with Crippen molar-refractivity contribution in [2.24, 2.45) is 0 Å². The third-order valence-electron chi connectivity index (χ3n) is 2.34. The van der Waals surface area contributed by atoms with Gasteiger partial charge in [0.1, 0.15) is 25.1 Å². The van der Waals surface area contributed by atoms with E-state index >= 15 is 0 Å². The molecule has 0 spiro atoms. The lowest BCUT2D eigenvalue weighted by Crippen LogP contribution is -2.17. The van der Waals surface area contributed by atoms with Crippen LogP contribution in [0.3, 0.4) is 0 Å². The molecule has 0 aliphatic rings. The fourth-order valence-corrected chi connectivity index (χ4v) is 1.36. The molecule has 16 heavy (non-hydrogen) atoms. The number of unbranched alkanes of at least 4 members (excludes halogenated alkanes) is 1. The van der Waals surface area contributed by atoms with Gasteiger partial charge in [-0.1, -0.05) is 25.5 Å². The summed E-state index contributed by atoms with van der Waals surface area (Å²) in [7, 11) is 0. The van der Waals surface area contributed by atoms with E-state index in [9.17, 15) is 0 Å². The number of aliphatic hydroxyl groups is 2. The Hall–Kier alpha value is -1.06. The molecule has 1 atom stereocenters. The van der Waals surface area contributed by atoms with Gasteiger partial charge in [0.05, 0.1) is 0 Å². The summed E-state index contributed by atoms with van der Waals surface area (Å²) in [5.74, 6) is 0.709. The van der Waals surface area contributed by atoms with Crippen LogP contribution in [0.25, 0.3) is 0 Å². The van der Waals surface area contributed by atoms with Crippen LogP contribution in [0.1, 0.15) is 25.3 Å². The first-order valence-electron chi connectivity index (χ1n) is 5.63. The predicted octanol–water partition coefficient (Wildman–Crippen LogP) is 2.30. The van der Waals surface area contributed by atoms with Gasteiger partial charge >= 0.3 is 0 Å². The summed E-state index contributed by atoms with van der Waals surface area (Å²) in [6.07, 6.45) is 2.54. The summed E-state index contributed by atoms with van der Waals surface area (Å²) in [5.41, 5.74) is 1.29. The highest BCUT2D eigenvalue weighted by molar-refractivity contribution is 5.27. The van der Waals surface area contributed by atoms with Gasteiger partial charge in [-0.25, -0.2) is 0 Å². The van der Waals surface area contributed by atoms with Crippen LogP contribution in [-0.4, -0.2) is 22.9 Å². The van der Waals surface area contributed by atoms with Gasteiger partial charge in [0.2, 0.25) is 0 Å². The number of hydrogen-bond acceptors (Lipinski definition) is 3. The molecule has 1 radical (unpaired) electrons. The van der Waals surface area contributed by atoms with Crippen LogP contribution in [0, 0.1) is 6.61 Å². The average Bonchev–Trinajstić information content (AvgIpc) is 2.34. The van der Waals surface area contributed by atoms with Crippen molar-refractivity contribution in [1.82, 2.24) is 0 Å². The highest BCUT2D eigenvalue weighted by Crippen LogP contribution is 2.14. The van der Waals surface area contributed by atoms with Crippen molar-refractivity contribution in [1.29, 1.82) is 0 Å². The zero-order valence-corrected chi connectivity index (χ0v) is 9.60. The maximum Gasteiger partial charge on any atom is 0.119 e. The van der Waals surface area contributed by atoms with Gasteiger partial charge in [0, 0.05) is 0 Å². The van der Waals surface area contributed by atoms with Crippen molar-refractivity contribution >= 4 is 0 Å². The largest absolute Gasteiger partial charge is 0.491 e. The van der Waals surface area contributed by atoms with E-state index in [-0.39, 0.29) is 6.61 Å². The predicted molar refractivity (Wildman–Crippen MR) is 62.8 cm³/mol. The zero-order valence-electron chi connectivity index (χ0n) is 9.60. The minimum atomic E-state index is -0.931. The van der Waals surface area contributed by atoms with Crippen molar-refractivity contribution in [3.63, 3.8) is 0 Å². The lowest BCUT2D eigenvalue weighted by Gasteiger charge is -2.09. The number of rotatable bonds is 7. The normalized spacial score (nSPS) is 12.4. The SMILES string of the molecule is CCCCc1ccc(OCC(O)[CH]O)cc1. The fourth-order valence-electron chi connectivity index (χ4n) is 1.36. The lowest BCUT2D eigenvalue weighted by molar-refractivity contribution is 0.0915. The molecule has 0 saturated carbocycles. The second-order valence-electron chi connectivity index (χ2n) is 3.77. The molecule has 0 fully saturated rings. The number of hydrogen-bond donors (Lipinski definition) is 2. The average molecular weight is 223 g/mol. The number of ether oxygens (including phenoxy) is 1. The summed E-state index contributed by atoms with van der Waals surface area (Å²) < 4.78 is 5.28. The van der Waals surface area contributed by atoms with Crippen molar-refractivity contribution in [3.05, 3.63) is 36.4 Å². The molecule has 1 unspecified atom stereocenters. The third kappa shape index (κ3) is 4.64. The van der Waals surface area contributed by atoms with Gasteiger partial charge < -0.3 is 14.9 Å². The van der Waals surface area contributed by atoms with E-state index in [4.69, 9.17) is 14.9 Å². The maximum absolute atomic E-state index is 9.06. The summed E-state index contributed by atoms with van der Waals surface area (Å²) >= 11 is 0. The van der Waals surface area contributed by atoms with Crippen LogP contribution in [0.15, 0.2) is 24.3 Å². The Balaban J connectivity index is 2.38. The van der Waals surface area contributed by atoms with Gasteiger partial charge in [-0.05, 0) is 30.5 Å². The van der Waals surface area contributed by atoms with Crippen LogP contribution in [0.5, 0.6) is 5.75 Å². The van der Waals surface area contributed by atoms with E-state index in [1.54, 1.807) is 0 Å². The van der Waals surface area contributed by atoms with E-state index in [1.807, 2.05) is 24.3 Å². The molecule has 0 aromatic heterocycles. The molecule has 0 amide bonds. The molecular formula is C13H19O3. The van der Waals surface area contributed by atoms with Gasteiger partial charge in [-0.3, -0.25) is 0 Å². The van der Waals surface area contributed by atoms with Crippen LogP contribution in [-0.2, 0) is 6.42 Å². The minimum Gasteiger partial charge on any atom is -0.491 e. The summed E-state index contributed by atoms with van der Waals surface area (Å²) in [4.78, 5) is 0. The van der Waals surface area contributed by atoms with Crippen LogP contribution in [0.4, 0.5) is 0 Å². The quantitative estimate of drug-likeness (QED) is 0.745. The van der Waals surface area contributed by atoms with E-state index in [1.165, 1.54) is 18.4 Å². The van der Waals surface area contributed by atoms with Gasteiger partial charge in [-0.2, -0.15) is 0 Å². The Labute approximate surface area is 96.7 Å². The fraction of sp³-hybridized carbons (Fsp3) is 0.462. The summed E-state index contributed by atoms with van der Waals surface area (Å²) in [5, 5.41) is 17.6. The monoisotopic (exact) mass is 223 g/mol. The Kier molecular flexibility index (Phi) is 5.90. The second kappa shape index (κ2) is 7.25. The first kappa shape index (κ1) is 13.0. The number of aryl methyl sites for hydroxylation is 1. The van der Waals surface area contributed by atoms with E-state index < -0.39 is 6.10 Å². The van der Waals surface area contributed by atoms with Crippen LogP contribution in [0.2, 0.25) is 0 Å². The molecule has 0 saturated heterocycles. The second-order valence-corrected chi connectivity index (χ2v) is 3.77. The summed E-state index contributed by atoms with van der Waals surface area (Å²) in [6.45, 7) is 2.96. The number of benzene rings is 1. The van der Waals surface area contributed by atoms with Crippen molar-refractivity contribution in [2.45, 2.75) is 32.3 Å². The molecule has 0 heterocycles. The molecule has 3 nitrogen and oxygen atoms in total. The van der Waals surface area contributed by atoms with Crippen LogP contribution < -0.4 is 4.74 Å². The Morgan fingerprint density at radius 2 is 2.00 bits per heavy atom. The Morgan fingerprint density at radius 1 is 1.31 bits per heavy atom. The highest BCUT2D eigenvalue weighted by atomic mass is 16.5. The molecule has 3 heteroatoms. The minimum absolute atomic E-state index is 0.0742. The molecule has 0 bridgehead atoms. The standard InChI is InChI=1S/C13H19O3/c1-2-3-4-11-5-7-13(8-6-11)16-10-12(15)9-14/h5-9,12,14-15H,2-4,10H2,1H3. The Morgan fingerprint density at radius 3 is 2.56 bits per heavy atom. The topological polar surface area (TPSA) is 49.7 Å². The molecule has 1 aromatic rings. The van der Waals surface area contributed by atoms with Gasteiger partial charge in [-0.15, -0.1) is 0 Å². The van der Waals surface area contributed by atoms with E-state index in [0.717, 1.165) is 13.0 Å². The van der Waals surface area contributed by atoms with Crippen LogP contribution >= 0.6 is 0 Å². The van der Waals surface area contributed by atoms with Gasteiger partial charge in [0.25, 0.3) is 0 Å². The smallest absolute Gasteiger partial charge is 0.119 e. The lowest BCUT2D eigenvalue weighted by atomic mass is 10.1. The highest BCUT2D eigenvalue weighted by Gasteiger charge is 2.03.